The van der Waals surface area contributed by atoms with Gasteiger partial charge in [-0.25, -0.2) is 4.98 Å². The van der Waals surface area contributed by atoms with Gasteiger partial charge in [0.25, 0.3) is 0 Å². The van der Waals surface area contributed by atoms with Crippen LogP contribution in [0.15, 0.2) is 60.9 Å². The summed E-state index contributed by atoms with van der Waals surface area (Å²) in [7, 11) is 3.05. The van der Waals surface area contributed by atoms with Crippen molar-refractivity contribution < 1.29 is 19.1 Å². The first-order chi connectivity index (χ1) is 18.9. The van der Waals surface area contributed by atoms with E-state index in [9.17, 15) is 9.59 Å². The quantitative estimate of drug-likeness (QED) is 0.190. The van der Waals surface area contributed by atoms with Crippen molar-refractivity contribution in [2.75, 3.05) is 14.2 Å². The Hall–Kier alpha value is -3.71. The number of halogens is 1. The van der Waals surface area contributed by atoms with E-state index in [4.69, 9.17) is 21.1 Å². The summed E-state index contributed by atoms with van der Waals surface area (Å²) >= 11 is 6.41. The number of hydrogen-bond acceptors (Lipinski definition) is 6. The molecule has 0 amide bonds. The van der Waals surface area contributed by atoms with Crippen molar-refractivity contribution in [3.8, 4) is 17.0 Å². The first-order valence-corrected chi connectivity index (χ1v) is 13.6. The molecule has 2 aliphatic carbocycles. The van der Waals surface area contributed by atoms with Gasteiger partial charge in [-0.3, -0.25) is 14.3 Å². The number of carbonyl (C=O) groups excluding carboxylic acids is 2. The highest BCUT2D eigenvalue weighted by molar-refractivity contribution is 6.32. The van der Waals surface area contributed by atoms with Crippen LogP contribution in [-0.2, 0) is 16.1 Å². The predicted molar refractivity (Wildman–Crippen MR) is 149 cm³/mol. The number of pyridine rings is 1. The summed E-state index contributed by atoms with van der Waals surface area (Å²) in [5.74, 6) is 0.915. The second-order valence-electron chi connectivity index (χ2n) is 11.0. The summed E-state index contributed by atoms with van der Waals surface area (Å²) < 4.78 is 12.0. The van der Waals surface area contributed by atoms with Crippen molar-refractivity contribution >= 4 is 34.3 Å². The maximum absolute atomic E-state index is 13.5. The number of rotatable bonds is 8. The Bertz CT molecular complexity index is 1550. The number of Topliss-reactive ketones (excluding diaryl/α,β-unsaturated/α-hetero) is 1. The zero-order valence-electron chi connectivity index (χ0n) is 22.0. The minimum Gasteiger partial charge on any atom is -0.481 e. The third kappa shape index (κ3) is 4.91. The van der Waals surface area contributed by atoms with Crippen LogP contribution in [0.2, 0.25) is 5.02 Å². The summed E-state index contributed by atoms with van der Waals surface area (Å²) in [6.45, 7) is 0.535. The Morgan fingerprint density at radius 2 is 1.79 bits per heavy atom. The molecule has 0 saturated heterocycles. The zero-order valence-corrected chi connectivity index (χ0v) is 22.8. The average Bonchev–Trinajstić information content (AvgIpc) is 3.30. The van der Waals surface area contributed by atoms with E-state index in [1.54, 1.807) is 25.6 Å². The number of carbonyl (C=O) groups is 2. The van der Waals surface area contributed by atoms with Crippen LogP contribution in [0.25, 0.3) is 22.0 Å². The third-order valence-electron chi connectivity index (χ3n) is 8.37. The molecule has 0 radical (unpaired) electrons. The molecule has 0 bridgehead atoms. The fraction of sp³-hybridized carbons (Fsp3) is 0.355. The highest BCUT2D eigenvalue weighted by Gasteiger charge is 2.55. The minimum absolute atomic E-state index is 0.0233. The molecule has 0 N–H and O–H groups in total. The summed E-state index contributed by atoms with van der Waals surface area (Å²) in [6, 6.07) is 15.8. The molecule has 2 fully saturated rings. The van der Waals surface area contributed by atoms with Crippen molar-refractivity contribution in [3.63, 3.8) is 0 Å². The Morgan fingerprint density at radius 1 is 1.03 bits per heavy atom. The van der Waals surface area contributed by atoms with Gasteiger partial charge < -0.3 is 9.47 Å². The first kappa shape index (κ1) is 25.6. The van der Waals surface area contributed by atoms with E-state index >= 15 is 0 Å². The normalized spacial score (nSPS) is 21.8. The van der Waals surface area contributed by atoms with Gasteiger partial charge in [-0.15, -0.1) is 0 Å². The van der Waals surface area contributed by atoms with Gasteiger partial charge in [0, 0.05) is 34.7 Å². The van der Waals surface area contributed by atoms with Gasteiger partial charge >= 0.3 is 5.97 Å². The lowest BCUT2D eigenvalue weighted by molar-refractivity contribution is -0.161. The SMILES string of the molecule is COC(=O)C1CC2(CC(CC(=O)c3cc(Cl)cc4cnn(Cc5ccc(-c6ccnc(OC)c6)cc5)c34)C2)C1. The fourth-order valence-electron chi connectivity index (χ4n) is 6.54. The Balaban J connectivity index is 1.17. The molecule has 7 nitrogen and oxygen atoms in total. The first-order valence-electron chi connectivity index (χ1n) is 13.2. The summed E-state index contributed by atoms with van der Waals surface area (Å²) in [6.07, 6.45) is 7.73. The molecule has 2 heterocycles. The Labute approximate surface area is 232 Å². The lowest BCUT2D eigenvalue weighted by Gasteiger charge is -2.57. The van der Waals surface area contributed by atoms with Crippen LogP contribution in [0, 0.1) is 17.3 Å². The van der Waals surface area contributed by atoms with E-state index in [0.717, 1.165) is 53.3 Å². The summed E-state index contributed by atoms with van der Waals surface area (Å²) in [5.41, 5.74) is 4.83. The standard InChI is InChI=1S/C31H30ClN3O4/c1-38-28-11-22(7-8-33-28)21-5-3-19(4-6-21)18-35-29-23(17-34-35)10-25(32)12-26(29)27(36)9-20-13-31(14-20)15-24(16-31)30(37)39-2/h3-8,10-12,17,20,24H,9,13-16,18H2,1-2H3. The predicted octanol–water partition coefficient (Wildman–Crippen LogP) is 6.36. The molecule has 2 aliphatic rings. The van der Waals surface area contributed by atoms with Crippen LogP contribution >= 0.6 is 11.6 Å². The van der Waals surface area contributed by atoms with Crippen LogP contribution in [0.1, 0.15) is 48.0 Å². The highest BCUT2D eigenvalue weighted by Crippen LogP contribution is 2.62. The number of ketones is 1. The summed E-state index contributed by atoms with van der Waals surface area (Å²) in [5, 5.41) is 6.00. The molecule has 200 valence electrons. The second kappa shape index (κ2) is 10.1. The monoisotopic (exact) mass is 543 g/mol. The van der Waals surface area contributed by atoms with E-state index in [-0.39, 0.29) is 23.1 Å². The van der Waals surface area contributed by atoms with Crippen molar-refractivity contribution in [2.24, 2.45) is 17.3 Å². The van der Waals surface area contributed by atoms with Gasteiger partial charge in [0.2, 0.25) is 5.88 Å². The van der Waals surface area contributed by atoms with E-state index in [1.807, 2.05) is 22.9 Å². The van der Waals surface area contributed by atoms with Gasteiger partial charge in [0.1, 0.15) is 0 Å². The molecule has 4 aromatic rings. The van der Waals surface area contributed by atoms with Crippen LogP contribution < -0.4 is 4.74 Å². The number of aromatic nitrogens is 3. The highest BCUT2D eigenvalue weighted by atomic mass is 35.5. The molecular weight excluding hydrogens is 514 g/mol. The van der Waals surface area contributed by atoms with E-state index in [2.05, 4.69) is 34.3 Å². The number of hydrogen-bond donors (Lipinski definition) is 0. The average molecular weight is 544 g/mol. The maximum atomic E-state index is 13.5. The van der Waals surface area contributed by atoms with Crippen LogP contribution in [0.4, 0.5) is 0 Å². The van der Waals surface area contributed by atoms with Gasteiger partial charge in [0.15, 0.2) is 5.78 Å². The molecule has 39 heavy (non-hydrogen) atoms. The largest absolute Gasteiger partial charge is 0.481 e. The molecule has 8 heteroatoms. The molecule has 2 aromatic carbocycles. The second-order valence-corrected chi connectivity index (χ2v) is 11.4. The number of nitrogens with zero attached hydrogens (tertiary/aromatic N) is 3. The van der Waals surface area contributed by atoms with Crippen molar-refractivity contribution in [1.29, 1.82) is 0 Å². The van der Waals surface area contributed by atoms with E-state index < -0.39 is 0 Å². The molecule has 0 atom stereocenters. The molecule has 1 spiro atoms. The van der Waals surface area contributed by atoms with Gasteiger partial charge in [-0.2, -0.15) is 5.10 Å². The molecule has 2 aromatic heterocycles. The van der Waals surface area contributed by atoms with Gasteiger partial charge in [0.05, 0.1) is 38.4 Å². The van der Waals surface area contributed by atoms with Gasteiger partial charge in [-0.05, 0) is 71.9 Å². The maximum Gasteiger partial charge on any atom is 0.308 e. The smallest absolute Gasteiger partial charge is 0.308 e. The Morgan fingerprint density at radius 3 is 2.51 bits per heavy atom. The van der Waals surface area contributed by atoms with Crippen LogP contribution in [0.3, 0.4) is 0 Å². The number of fused-ring (bicyclic) bond motifs is 1. The van der Waals surface area contributed by atoms with Crippen LogP contribution in [-0.4, -0.2) is 40.7 Å². The number of ether oxygens (including phenoxy) is 2. The van der Waals surface area contributed by atoms with E-state index in [1.165, 1.54) is 7.11 Å². The van der Waals surface area contributed by atoms with Crippen molar-refractivity contribution in [3.05, 3.63) is 77.1 Å². The van der Waals surface area contributed by atoms with Crippen molar-refractivity contribution in [1.82, 2.24) is 14.8 Å². The number of methoxy groups -OCH3 is 2. The fourth-order valence-corrected chi connectivity index (χ4v) is 6.77. The molecule has 0 aliphatic heterocycles. The number of esters is 1. The van der Waals surface area contributed by atoms with Crippen molar-refractivity contribution in [2.45, 2.75) is 38.6 Å². The lowest BCUT2D eigenvalue weighted by Crippen LogP contribution is -2.50. The lowest BCUT2D eigenvalue weighted by atomic mass is 9.47. The Kier molecular flexibility index (Phi) is 6.63. The molecular formula is C31H30ClN3O4. The third-order valence-corrected chi connectivity index (χ3v) is 8.59. The molecule has 6 rings (SSSR count). The van der Waals surface area contributed by atoms with Gasteiger partial charge in [-0.1, -0.05) is 35.9 Å². The van der Waals surface area contributed by atoms with Crippen LogP contribution in [0.5, 0.6) is 5.88 Å². The minimum atomic E-state index is -0.109. The molecule has 2 saturated carbocycles. The topological polar surface area (TPSA) is 83.3 Å². The zero-order chi connectivity index (χ0) is 27.1. The molecule has 0 unspecified atom stereocenters. The van der Waals surface area contributed by atoms with E-state index in [0.29, 0.717) is 35.3 Å². The summed E-state index contributed by atoms with van der Waals surface area (Å²) in [4.78, 5) is 29.5. The number of benzene rings is 2.